The van der Waals surface area contributed by atoms with E-state index in [1.54, 1.807) is 12.1 Å². The minimum absolute atomic E-state index is 0.144. The third-order valence-electron chi connectivity index (χ3n) is 8.12. The molecule has 0 N–H and O–H groups in total. The number of aryl methyl sites for hydroxylation is 1. The first kappa shape index (κ1) is 18.2. The van der Waals surface area contributed by atoms with Crippen LogP contribution < -0.4 is 0 Å². The standard InChI is InChI=1S/C41H28/c1-27-21-24-38-39(25-27)40(29-12-3-2-4-13-29)36-15-7-8-16-37(36)41(38)35-20-10-18-33-32(17-9-19-34(33)35)31-23-22-28-11-5-6-14-30(28)26-31/h2-26H,1H3/i2D,3D,4D,7D,12D,13D. The highest BCUT2D eigenvalue weighted by Gasteiger charge is 2.18. The maximum Gasteiger partial charge on any atom is 0.0629 e. The summed E-state index contributed by atoms with van der Waals surface area (Å²) in [5.41, 5.74) is 5.93. The lowest BCUT2D eigenvalue weighted by Gasteiger charge is -2.20. The van der Waals surface area contributed by atoms with E-state index in [4.69, 9.17) is 8.22 Å². The summed E-state index contributed by atoms with van der Waals surface area (Å²) in [5.74, 6) is 0. The Kier molecular flexibility index (Phi) is 4.20. The van der Waals surface area contributed by atoms with Gasteiger partial charge in [-0.3, -0.25) is 0 Å². The normalized spacial score (nSPS) is 13.6. The van der Waals surface area contributed by atoms with Crippen molar-refractivity contribution < 1.29 is 8.22 Å². The first-order valence-corrected chi connectivity index (χ1v) is 13.8. The highest BCUT2D eigenvalue weighted by molar-refractivity contribution is 6.24. The van der Waals surface area contributed by atoms with Crippen LogP contribution in [0.25, 0.3) is 76.5 Å². The van der Waals surface area contributed by atoms with Crippen LogP contribution >= 0.6 is 0 Å². The summed E-state index contributed by atoms with van der Waals surface area (Å²) in [4.78, 5) is 0. The Bertz CT molecular complexity index is 2510. The molecule has 0 saturated carbocycles. The largest absolute Gasteiger partial charge is 0.0629 e. The molecular weight excluding hydrogens is 492 g/mol. The Morgan fingerprint density at radius 3 is 1.98 bits per heavy atom. The Balaban J connectivity index is 1.50. The summed E-state index contributed by atoms with van der Waals surface area (Å²) in [6.45, 7) is 1.99. The number of hydrogen-bond acceptors (Lipinski definition) is 0. The zero-order valence-corrected chi connectivity index (χ0v) is 22.5. The summed E-state index contributed by atoms with van der Waals surface area (Å²) < 4.78 is 51.5. The molecule has 0 atom stereocenters. The van der Waals surface area contributed by atoms with Crippen molar-refractivity contribution >= 4 is 43.1 Å². The van der Waals surface area contributed by atoms with E-state index in [-0.39, 0.29) is 35.8 Å². The van der Waals surface area contributed by atoms with Gasteiger partial charge < -0.3 is 0 Å². The van der Waals surface area contributed by atoms with Gasteiger partial charge in [0.1, 0.15) is 0 Å². The van der Waals surface area contributed by atoms with Crippen molar-refractivity contribution in [2.75, 3.05) is 0 Å². The average molecular weight is 527 g/mol. The van der Waals surface area contributed by atoms with Crippen LogP contribution in [0.5, 0.6) is 0 Å². The lowest BCUT2D eigenvalue weighted by atomic mass is 9.83. The van der Waals surface area contributed by atoms with Gasteiger partial charge in [-0.05, 0) is 89.5 Å². The SMILES string of the molecule is [2H]c1ccc2c(-c3cccc4c(-c5ccc6ccccc6c5)cccc34)c3ccc(C)cc3c(-c3c([2H])c([2H])c([2H])c([2H])c3[2H])c2c1. The summed E-state index contributed by atoms with van der Waals surface area (Å²) in [6, 6.07) is 37.8. The Morgan fingerprint density at radius 1 is 0.415 bits per heavy atom. The second-order valence-corrected chi connectivity index (χ2v) is 10.5. The molecule has 8 aromatic carbocycles. The third-order valence-corrected chi connectivity index (χ3v) is 8.12. The van der Waals surface area contributed by atoms with Crippen molar-refractivity contribution in [1.82, 2.24) is 0 Å². The average Bonchev–Trinajstić information content (AvgIpc) is 3.09. The second-order valence-electron chi connectivity index (χ2n) is 10.5. The molecule has 0 aliphatic rings. The van der Waals surface area contributed by atoms with Crippen LogP contribution in [-0.2, 0) is 0 Å². The van der Waals surface area contributed by atoms with Gasteiger partial charge in [-0.25, -0.2) is 0 Å². The first-order valence-electron chi connectivity index (χ1n) is 16.8. The topological polar surface area (TPSA) is 0 Å². The molecule has 0 heterocycles. The molecule has 8 rings (SSSR count). The van der Waals surface area contributed by atoms with E-state index in [1.807, 2.05) is 25.1 Å². The van der Waals surface area contributed by atoms with Crippen molar-refractivity contribution in [2.24, 2.45) is 0 Å². The number of rotatable bonds is 3. The van der Waals surface area contributed by atoms with Crippen LogP contribution in [0.4, 0.5) is 0 Å². The smallest absolute Gasteiger partial charge is 0.0622 e. The monoisotopic (exact) mass is 526 g/mol. The Morgan fingerprint density at radius 2 is 1.12 bits per heavy atom. The van der Waals surface area contributed by atoms with Gasteiger partial charge in [0.2, 0.25) is 0 Å². The Labute approximate surface area is 248 Å². The lowest BCUT2D eigenvalue weighted by Crippen LogP contribution is -1.92. The fourth-order valence-electron chi connectivity index (χ4n) is 6.30. The zero-order valence-electron chi connectivity index (χ0n) is 28.5. The molecule has 41 heavy (non-hydrogen) atoms. The quantitative estimate of drug-likeness (QED) is 0.201. The molecule has 0 saturated heterocycles. The Hall–Kier alpha value is -5.20. The predicted molar refractivity (Wildman–Crippen MR) is 178 cm³/mol. The van der Waals surface area contributed by atoms with E-state index in [0.29, 0.717) is 10.9 Å². The van der Waals surface area contributed by atoms with Gasteiger partial charge in [0.05, 0.1) is 8.22 Å². The van der Waals surface area contributed by atoms with Crippen LogP contribution in [-0.4, -0.2) is 0 Å². The molecule has 0 aliphatic heterocycles. The second kappa shape index (κ2) is 9.47. The maximum atomic E-state index is 8.89. The van der Waals surface area contributed by atoms with Gasteiger partial charge in [0.25, 0.3) is 0 Å². The van der Waals surface area contributed by atoms with Crippen LogP contribution in [0.2, 0.25) is 0 Å². The molecule has 192 valence electrons. The molecule has 0 bridgehead atoms. The van der Waals surface area contributed by atoms with Crippen molar-refractivity contribution in [3.8, 4) is 33.4 Å². The van der Waals surface area contributed by atoms with Crippen LogP contribution in [0, 0.1) is 6.92 Å². The molecule has 0 aliphatic carbocycles. The maximum absolute atomic E-state index is 8.89. The lowest BCUT2D eigenvalue weighted by molar-refractivity contribution is 1.51. The first-order chi connectivity index (χ1) is 22.7. The molecule has 0 fully saturated rings. The molecule has 0 aromatic heterocycles. The van der Waals surface area contributed by atoms with E-state index in [9.17, 15) is 0 Å². The minimum atomic E-state index is -0.427. The van der Waals surface area contributed by atoms with Gasteiger partial charge in [-0.2, -0.15) is 0 Å². The summed E-state index contributed by atoms with van der Waals surface area (Å²) in [6.07, 6.45) is 0. The van der Waals surface area contributed by atoms with Crippen molar-refractivity contribution in [1.29, 1.82) is 0 Å². The molecule has 0 spiro atoms. The van der Waals surface area contributed by atoms with Gasteiger partial charge in [0.15, 0.2) is 0 Å². The minimum Gasteiger partial charge on any atom is -0.0622 e. The van der Waals surface area contributed by atoms with E-state index >= 15 is 0 Å². The summed E-state index contributed by atoms with van der Waals surface area (Å²) >= 11 is 0. The van der Waals surface area contributed by atoms with Crippen molar-refractivity contribution in [3.05, 3.63) is 157 Å². The van der Waals surface area contributed by atoms with E-state index in [1.165, 1.54) is 10.8 Å². The number of benzene rings is 8. The fraction of sp³-hybridized carbons (Fsp3) is 0.0244. The van der Waals surface area contributed by atoms with E-state index in [0.717, 1.165) is 54.7 Å². The molecule has 8 aromatic rings. The molecule has 0 amide bonds. The van der Waals surface area contributed by atoms with Gasteiger partial charge in [-0.1, -0.05) is 151 Å². The van der Waals surface area contributed by atoms with Crippen LogP contribution in [0.1, 0.15) is 13.8 Å². The summed E-state index contributed by atoms with van der Waals surface area (Å²) in [5, 5.41) is 7.77. The fourth-order valence-corrected chi connectivity index (χ4v) is 6.30. The van der Waals surface area contributed by atoms with Gasteiger partial charge in [0, 0.05) is 0 Å². The third kappa shape index (κ3) is 3.84. The number of hydrogen-bond donors (Lipinski definition) is 0. The van der Waals surface area contributed by atoms with Gasteiger partial charge in [-0.15, -0.1) is 0 Å². The molecule has 0 radical (unpaired) electrons. The van der Waals surface area contributed by atoms with E-state index < -0.39 is 6.04 Å². The highest BCUT2D eigenvalue weighted by Crippen LogP contribution is 2.46. The molecule has 0 heteroatoms. The molecular formula is C41H28. The van der Waals surface area contributed by atoms with Crippen molar-refractivity contribution in [3.63, 3.8) is 0 Å². The van der Waals surface area contributed by atoms with Crippen molar-refractivity contribution in [2.45, 2.75) is 6.92 Å². The number of fused-ring (bicyclic) bond motifs is 4. The molecule has 0 nitrogen and oxygen atoms in total. The zero-order chi connectivity index (χ0) is 32.6. The van der Waals surface area contributed by atoms with Crippen LogP contribution in [0.3, 0.4) is 0 Å². The van der Waals surface area contributed by atoms with Crippen LogP contribution in [0.15, 0.2) is 152 Å². The predicted octanol–water partition coefficient (Wildman–Crippen LogP) is 11.6. The van der Waals surface area contributed by atoms with E-state index in [2.05, 4.69) is 84.9 Å². The van der Waals surface area contributed by atoms with Gasteiger partial charge >= 0.3 is 0 Å². The summed E-state index contributed by atoms with van der Waals surface area (Å²) in [7, 11) is 0. The highest BCUT2D eigenvalue weighted by atomic mass is 14.2. The molecule has 0 unspecified atom stereocenters.